The molecule has 0 spiro atoms. The van der Waals surface area contributed by atoms with E-state index in [1.165, 1.54) is 28.6 Å². The summed E-state index contributed by atoms with van der Waals surface area (Å²) < 4.78 is 50.2. The molecule has 132 valence electrons. The van der Waals surface area contributed by atoms with E-state index >= 15 is 0 Å². The lowest BCUT2D eigenvalue weighted by atomic mass is 9.90. The average Bonchev–Trinajstić information content (AvgIpc) is 2.91. The molecule has 1 aromatic rings. The Kier molecular flexibility index (Phi) is 6.26. The van der Waals surface area contributed by atoms with Gasteiger partial charge in [-0.15, -0.1) is 12.4 Å². The Morgan fingerprint density at radius 1 is 1.13 bits per heavy atom. The highest BCUT2D eigenvalue weighted by atomic mass is 35.5. The quantitative estimate of drug-likeness (QED) is 0.826. The van der Waals surface area contributed by atoms with Gasteiger partial charge in [0.25, 0.3) is 0 Å². The number of sulfone groups is 1. The van der Waals surface area contributed by atoms with Crippen molar-refractivity contribution in [3.63, 3.8) is 0 Å². The fourth-order valence-corrected chi connectivity index (χ4v) is 4.96. The van der Waals surface area contributed by atoms with Crippen LogP contribution < -0.4 is 5.73 Å². The van der Waals surface area contributed by atoms with Crippen LogP contribution in [0.4, 0.5) is 0 Å². The van der Waals surface area contributed by atoms with Gasteiger partial charge in [-0.3, -0.25) is 0 Å². The highest BCUT2D eigenvalue weighted by molar-refractivity contribution is 7.91. The summed E-state index contributed by atoms with van der Waals surface area (Å²) in [5.41, 5.74) is 5.51. The van der Waals surface area contributed by atoms with Crippen LogP contribution in [0, 0.1) is 5.41 Å². The lowest BCUT2D eigenvalue weighted by Crippen LogP contribution is -2.34. The predicted molar refractivity (Wildman–Crippen MR) is 92.0 cm³/mol. The summed E-state index contributed by atoms with van der Waals surface area (Å²) in [6, 6.07) is 5.42. The standard InChI is InChI=1S/C14H22N2O4S2.ClH/c1-3-21(17,18)12-4-6-13(7-5-12)22(19,20)16-9-8-14(2,10-15)11-16;/h4-7H,3,8-11,15H2,1-2H3;1H. The van der Waals surface area contributed by atoms with E-state index in [2.05, 4.69) is 0 Å². The fraction of sp³-hybridized carbons (Fsp3) is 0.571. The van der Waals surface area contributed by atoms with Gasteiger partial charge in [0.15, 0.2) is 9.84 Å². The maximum absolute atomic E-state index is 12.6. The number of halogens is 1. The number of hydrogen-bond acceptors (Lipinski definition) is 5. The summed E-state index contributed by atoms with van der Waals surface area (Å²) in [7, 11) is -6.93. The zero-order valence-corrected chi connectivity index (χ0v) is 15.7. The maximum atomic E-state index is 12.6. The number of rotatable bonds is 5. The number of nitrogens with two attached hydrogens (primary N) is 1. The fourth-order valence-electron chi connectivity index (χ4n) is 2.48. The van der Waals surface area contributed by atoms with Gasteiger partial charge in [0, 0.05) is 13.1 Å². The molecule has 2 N–H and O–H groups in total. The summed E-state index contributed by atoms with van der Waals surface area (Å²) in [6.07, 6.45) is 0.727. The Balaban J connectivity index is 0.00000264. The van der Waals surface area contributed by atoms with E-state index in [1.54, 1.807) is 6.92 Å². The molecule has 23 heavy (non-hydrogen) atoms. The summed E-state index contributed by atoms with van der Waals surface area (Å²) in [6.45, 7) is 4.79. The summed E-state index contributed by atoms with van der Waals surface area (Å²) in [4.78, 5) is 0.256. The van der Waals surface area contributed by atoms with Crippen molar-refractivity contribution in [2.45, 2.75) is 30.1 Å². The van der Waals surface area contributed by atoms with Crippen LogP contribution in [0.1, 0.15) is 20.3 Å². The monoisotopic (exact) mass is 382 g/mol. The van der Waals surface area contributed by atoms with Crippen LogP contribution >= 0.6 is 12.4 Å². The summed E-state index contributed by atoms with van der Waals surface area (Å²) in [5.74, 6) is -0.0138. The van der Waals surface area contributed by atoms with Gasteiger partial charge in [0.05, 0.1) is 15.5 Å². The molecular formula is C14H23ClN2O4S2. The van der Waals surface area contributed by atoms with Crippen molar-refractivity contribution in [2.75, 3.05) is 25.4 Å². The van der Waals surface area contributed by atoms with Crippen molar-refractivity contribution in [1.82, 2.24) is 4.31 Å². The van der Waals surface area contributed by atoms with E-state index in [-0.39, 0.29) is 33.4 Å². The normalized spacial score (nSPS) is 22.7. The molecular weight excluding hydrogens is 360 g/mol. The number of benzene rings is 1. The molecule has 0 bridgehead atoms. The molecule has 0 aromatic heterocycles. The van der Waals surface area contributed by atoms with Crippen LogP contribution in [0.5, 0.6) is 0 Å². The van der Waals surface area contributed by atoms with Crippen LogP contribution in [0.3, 0.4) is 0 Å². The molecule has 9 heteroatoms. The Bertz CT molecular complexity index is 747. The first kappa shape index (κ1) is 20.4. The Morgan fingerprint density at radius 3 is 2.09 bits per heavy atom. The number of sulfonamides is 1. The van der Waals surface area contributed by atoms with E-state index in [1.807, 2.05) is 6.92 Å². The minimum absolute atomic E-state index is 0. The Labute approximate surface area is 144 Å². The van der Waals surface area contributed by atoms with E-state index in [0.717, 1.165) is 6.42 Å². The first-order valence-electron chi connectivity index (χ1n) is 7.18. The molecule has 2 rings (SSSR count). The molecule has 1 aliphatic heterocycles. The first-order valence-corrected chi connectivity index (χ1v) is 10.3. The summed E-state index contributed by atoms with van der Waals surface area (Å²) in [5, 5.41) is 0. The van der Waals surface area contributed by atoms with Crippen molar-refractivity contribution < 1.29 is 16.8 Å². The highest BCUT2D eigenvalue weighted by Gasteiger charge is 2.38. The van der Waals surface area contributed by atoms with E-state index in [4.69, 9.17) is 5.73 Å². The SMILES string of the molecule is CCS(=O)(=O)c1ccc(S(=O)(=O)N2CCC(C)(CN)C2)cc1.Cl. The third kappa shape index (κ3) is 4.06. The molecule has 0 saturated carbocycles. The van der Waals surface area contributed by atoms with Gasteiger partial charge in [-0.05, 0) is 42.6 Å². The third-order valence-electron chi connectivity index (χ3n) is 4.22. The predicted octanol–water partition coefficient (Wildman–Crippen LogP) is 1.26. The molecule has 0 amide bonds. The second-order valence-corrected chi connectivity index (χ2v) is 10.2. The van der Waals surface area contributed by atoms with Crippen LogP contribution in [0.2, 0.25) is 0 Å². The lowest BCUT2D eigenvalue weighted by Gasteiger charge is -2.22. The zero-order valence-electron chi connectivity index (χ0n) is 13.2. The smallest absolute Gasteiger partial charge is 0.243 e. The molecule has 1 aliphatic rings. The minimum Gasteiger partial charge on any atom is -0.330 e. The van der Waals surface area contributed by atoms with Gasteiger partial charge >= 0.3 is 0 Å². The molecule has 1 fully saturated rings. The van der Waals surface area contributed by atoms with Gasteiger partial charge < -0.3 is 5.73 Å². The van der Waals surface area contributed by atoms with Gasteiger partial charge in [-0.2, -0.15) is 4.31 Å². The first-order chi connectivity index (χ1) is 10.1. The van der Waals surface area contributed by atoms with Crippen molar-refractivity contribution in [2.24, 2.45) is 11.1 Å². The van der Waals surface area contributed by atoms with Crippen molar-refractivity contribution >= 4 is 32.3 Å². The highest BCUT2D eigenvalue weighted by Crippen LogP contribution is 2.32. The lowest BCUT2D eigenvalue weighted by molar-refractivity contribution is 0.349. The van der Waals surface area contributed by atoms with Gasteiger partial charge in [-0.25, -0.2) is 16.8 Å². The molecule has 1 unspecified atom stereocenters. The minimum atomic E-state index is -3.61. The molecule has 1 heterocycles. The van der Waals surface area contributed by atoms with Gasteiger partial charge in [-0.1, -0.05) is 13.8 Å². The zero-order chi connectivity index (χ0) is 16.6. The molecule has 6 nitrogen and oxygen atoms in total. The van der Waals surface area contributed by atoms with Crippen LogP contribution in [0.15, 0.2) is 34.1 Å². The molecule has 1 aromatic carbocycles. The molecule has 0 aliphatic carbocycles. The van der Waals surface area contributed by atoms with Crippen molar-refractivity contribution in [3.05, 3.63) is 24.3 Å². The molecule has 0 radical (unpaired) electrons. The molecule has 1 saturated heterocycles. The Morgan fingerprint density at radius 2 is 1.65 bits per heavy atom. The topological polar surface area (TPSA) is 97.5 Å². The third-order valence-corrected chi connectivity index (χ3v) is 7.83. The largest absolute Gasteiger partial charge is 0.330 e. The molecule has 1 atom stereocenters. The summed E-state index contributed by atoms with van der Waals surface area (Å²) >= 11 is 0. The van der Waals surface area contributed by atoms with Crippen LogP contribution in [-0.2, 0) is 19.9 Å². The van der Waals surface area contributed by atoms with E-state index in [9.17, 15) is 16.8 Å². The average molecular weight is 383 g/mol. The van der Waals surface area contributed by atoms with Crippen LogP contribution in [-0.4, -0.2) is 46.5 Å². The Hall–Kier alpha value is -0.670. The number of nitrogens with zero attached hydrogens (tertiary/aromatic N) is 1. The van der Waals surface area contributed by atoms with Gasteiger partial charge in [0.1, 0.15) is 0 Å². The number of hydrogen-bond donors (Lipinski definition) is 1. The maximum Gasteiger partial charge on any atom is 0.243 e. The van der Waals surface area contributed by atoms with E-state index in [0.29, 0.717) is 19.6 Å². The van der Waals surface area contributed by atoms with Gasteiger partial charge in [0.2, 0.25) is 10.0 Å². The van der Waals surface area contributed by atoms with Crippen molar-refractivity contribution in [1.29, 1.82) is 0 Å². The second-order valence-electron chi connectivity index (χ2n) is 5.98. The second kappa shape index (κ2) is 7.06. The van der Waals surface area contributed by atoms with E-state index < -0.39 is 19.9 Å². The van der Waals surface area contributed by atoms with Crippen LogP contribution in [0.25, 0.3) is 0 Å². The van der Waals surface area contributed by atoms with Crippen molar-refractivity contribution in [3.8, 4) is 0 Å².